The van der Waals surface area contributed by atoms with E-state index in [1.54, 1.807) is 38.6 Å². The standard InChI is InChI=1S/C25H25BrClN5O3/c1-5-35-25(33)20(12-28)24(19-8-6-17(26)10-21(19)27)31-16(3)30-18-7-9-22(23(11-18)34-4)32-13-15(2)29-14-32/h6-14,30H,3,5,28H2,1-2,4H3/b20-12+,31-24-. The number of aliphatic imine (C=N–C) groups is 1. The second kappa shape index (κ2) is 11.7. The lowest BCUT2D eigenvalue weighted by atomic mass is 10.0. The molecule has 10 heteroatoms. The number of methoxy groups -OCH3 is 1. The highest BCUT2D eigenvalue weighted by atomic mass is 79.9. The highest BCUT2D eigenvalue weighted by molar-refractivity contribution is 9.10. The molecule has 0 aliphatic carbocycles. The smallest absolute Gasteiger partial charge is 0.341 e. The second-order valence-corrected chi connectivity index (χ2v) is 8.59. The molecule has 0 bridgehead atoms. The summed E-state index contributed by atoms with van der Waals surface area (Å²) in [5.41, 5.74) is 8.95. The molecule has 1 aromatic heterocycles. The quantitative estimate of drug-likeness (QED) is 0.208. The Kier molecular flexibility index (Phi) is 8.73. The molecule has 0 atom stereocenters. The number of carbonyl (C=O) groups excluding carboxylic acids is 1. The summed E-state index contributed by atoms with van der Waals surface area (Å²) in [4.78, 5) is 21.4. The van der Waals surface area contributed by atoms with Crippen LogP contribution in [-0.4, -0.2) is 34.9 Å². The molecule has 2 aromatic carbocycles. The van der Waals surface area contributed by atoms with Gasteiger partial charge in [0.05, 0.1) is 42.2 Å². The number of hydrogen-bond acceptors (Lipinski definition) is 7. The van der Waals surface area contributed by atoms with Gasteiger partial charge in [0.15, 0.2) is 0 Å². The molecular weight excluding hydrogens is 534 g/mol. The molecule has 1 heterocycles. The monoisotopic (exact) mass is 557 g/mol. The highest BCUT2D eigenvalue weighted by Crippen LogP contribution is 2.29. The van der Waals surface area contributed by atoms with E-state index in [0.29, 0.717) is 22.0 Å². The molecule has 0 saturated carbocycles. The summed E-state index contributed by atoms with van der Waals surface area (Å²) in [6, 6.07) is 10.8. The van der Waals surface area contributed by atoms with Gasteiger partial charge in [-0.1, -0.05) is 40.2 Å². The average Bonchev–Trinajstić information content (AvgIpc) is 3.25. The van der Waals surface area contributed by atoms with Gasteiger partial charge in [-0.05, 0) is 38.1 Å². The number of nitrogens with zero attached hydrogens (tertiary/aromatic N) is 3. The molecule has 3 aromatic rings. The zero-order valence-electron chi connectivity index (χ0n) is 19.5. The third-order valence-electron chi connectivity index (χ3n) is 4.81. The normalized spacial score (nSPS) is 11.8. The molecule has 0 radical (unpaired) electrons. The highest BCUT2D eigenvalue weighted by Gasteiger charge is 2.22. The maximum atomic E-state index is 12.6. The second-order valence-electron chi connectivity index (χ2n) is 7.27. The third-order valence-corrected chi connectivity index (χ3v) is 5.61. The van der Waals surface area contributed by atoms with Crippen molar-refractivity contribution in [2.75, 3.05) is 19.0 Å². The lowest BCUT2D eigenvalue weighted by Crippen LogP contribution is -2.19. The van der Waals surface area contributed by atoms with Crippen LogP contribution in [0.3, 0.4) is 0 Å². The number of halogens is 2. The number of benzene rings is 2. The molecule has 3 N–H and O–H groups in total. The summed E-state index contributed by atoms with van der Waals surface area (Å²) < 4.78 is 13.4. The topological polar surface area (TPSA) is 104 Å². The molecule has 182 valence electrons. The van der Waals surface area contributed by atoms with Crippen molar-refractivity contribution in [3.63, 3.8) is 0 Å². The minimum atomic E-state index is -0.623. The summed E-state index contributed by atoms with van der Waals surface area (Å²) >= 11 is 9.85. The Balaban J connectivity index is 1.97. The zero-order chi connectivity index (χ0) is 25.5. The van der Waals surface area contributed by atoms with Gasteiger partial charge in [-0.2, -0.15) is 0 Å². The van der Waals surface area contributed by atoms with Gasteiger partial charge in [0.2, 0.25) is 0 Å². The number of esters is 1. The number of imidazole rings is 1. The first-order chi connectivity index (χ1) is 16.8. The third kappa shape index (κ3) is 6.32. The van der Waals surface area contributed by atoms with Gasteiger partial charge < -0.3 is 25.1 Å². The predicted octanol–water partition coefficient (Wildman–Crippen LogP) is 5.38. The average molecular weight is 559 g/mol. The first-order valence-electron chi connectivity index (χ1n) is 10.6. The molecule has 3 rings (SSSR count). The van der Waals surface area contributed by atoms with Crippen molar-refractivity contribution >= 4 is 44.9 Å². The van der Waals surface area contributed by atoms with E-state index in [1.807, 2.05) is 35.9 Å². The minimum Gasteiger partial charge on any atom is -0.494 e. The Labute approximate surface area is 217 Å². The summed E-state index contributed by atoms with van der Waals surface area (Å²) in [7, 11) is 1.59. The number of aromatic nitrogens is 2. The van der Waals surface area contributed by atoms with Gasteiger partial charge >= 0.3 is 5.97 Å². The summed E-state index contributed by atoms with van der Waals surface area (Å²) in [6.07, 6.45) is 4.76. The van der Waals surface area contributed by atoms with Crippen LogP contribution in [0.2, 0.25) is 5.02 Å². The van der Waals surface area contributed by atoms with Crippen LogP contribution in [0.25, 0.3) is 5.69 Å². The van der Waals surface area contributed by atoms with Crippen LogP contribution in [0.15, 0.2) is 82.6 Å². The van der Waals surface area contributed by atoms with Crippen molar-refractivity contribution in [1.29, 1.82) is 0 Å². The molecule has 8 nitrogen and oxygen atoms in total. The van der Waals surface area contributed by atoms with Crippen LogP contribution in [0.4, 0.5) is 5.69 Å². The lowest BCUT2D eigenvalue weighted by molar-refractivity contribution is -0.137. The fourth-order valence-electron chi connectivity index (χ4n) is 3.25. The summed E-state index contributed by atoms with van der Waals surface area (Å²) in [6.45, 7) is 7.80. The van der Waals surface area contributed by atoms with Crippen LogP contribution in [-0.2, 0) is 9.53 Å². The Morgan fingerprint density at radius 3 is 2.71 bits per heavy atom. The Bertz CT molecular complexity index is 1320. The number of hydrogen-bond donors (Lipinski definition) is 2. The first-order valence-corrected chi connectivity index (χ1v) is 11.7. The van der Waals surface area contributed by atoms with Crippen LogP contribution in [0, 0.1) is 6.92 Å². The van der Waals surface area contributed by atoms with Gasteiger partial charge in [0.25, 0.3) is 0 Å². The predicted molar refractivity (Wildman–Crippen MR) is 142 cm³/mol. The lowest BCUT2D eigenvalue weighted by Gasteiger charge is -2.15. The number of nitrogens with one attached hydrogen (secondary N) is 1. The fraction of sp³-hybridized carbons (Fsp3) is 0.160. The van der Waals surface area contributed by atoms with Crippen molar-refractivity contribution in [3.05, 3.63) is 93.8 Å². The van der Waals surface area contributed by atoms with Gasteiger partial charge in [0, 0.05) is 34.2 Å². The maximum absolute atomic E-state index is 12.6. The van der Waals surface area contributed by atoms with Crippen molar-refractivity contribution in [3.8, 4) is 11.4 Å². The molecule has 0 aliphatic rings. The van der Waals surface area contributed by atoms with Crippen LogP contribution < -0.4 is 15.8 Å². The number of nitrogens with two attached hydrogens (primary N) is 1. The van der Waals surface area contributed by atoms with Gasteiger partial charge in [-0.25, -0.2) is 14.8 Å². The zero-order valence-corrected chi connectivity index (χ0v) is 21.9. The van der Waals surface area contributed by atoms with E-state index in [9.17, 15) is 4.79 Å². The molecule has 0 saturated heterocycles. The van der Waals surface area contributed by atoms with Gasteiger partial charge in [0.1, 0.15) is 17.1 Å². The number of carbonyl (C=O) groups is 1. The molecule has 0 unspecified atom stereocenters. The van der Waals surface area contributed by atoms with E-state index in [1.165, 1.54) is 0 Å². The number of anilines is 1. The molecule has 0 amide bonds. The van der Waals surface area contributed by atoms with E-state index in [0.717, 1.165) is 22.1 Å². The number of aryl methyl sites for hydroxylation is 1. The van der Waals surface area contributed by atoms with Crippen molar-refractivity contribution in [2.24, 2.45) is 10.7 Å². The van der Waals surface area contributed by atoms with Crippen LogP contribution >= 0.6 is 27.5 Å². The maximum Gasteiger partial charge on any atom is 0.341 e. The largest absolute Gasteiger partial charge is 0.494 e. The Hall–Kier alpha value is -3.56. The first kappa shape index (κ1) is 26.1. The number of ether oxygens (including phenoxy) is 2. The molecule has 35 heavy (non-hydrogen) atoms. The van der Waals surface area contributed by atoms with E-state index < -0.39 is 5.97 Å². The van der Waals surface area contributed by atoms with Crippen molar-refractivity contribution in [1.82, 2.24) is 9.55 Å². The Morgan fingerprint density at radius 1 is 1.34 bits per heavy atom. The Morgan fingerprint density at radius 2 is 2.11 bits per heavy atom. The molecule has 0 aliphatic heterocycles. The van der Waals surface area contributed by atoms with Gasteiger partial charge in [-0.15, -0.1) is 0 Å². The minimum absolute atomic E-state index is 0.0578. The number of rotatable bonds is 9. The van der Waals surface area contributed by atoms with E-state index in [-0.39, 0.29) is 23.7 Å². The fourth-order valence-corrected chi connectivity index (χ4v) is 4.01. The SMILES string of the molecule is C=C(/N=C(\C(=C/N)C(=O)OCC)c1ccc(Br)cc1Cl)Nc1ccc(-n2cnc(C)c2)c(OC)c1. The van der Waals surface area contributed by atoms with Crippen LogP contribution in [0.1, 0.15) is 18.2 Å². The van der Waals surface area contributed by atoms with E-state index >= 15 is 0 Å². The van der Waals surface area contributed by atoms with Gasteiger partial charge in [-0.3, -0.25) is 0 Å². The summed E-state index contributed by atoms with van der Waals surface area (Å²) in [5.74, 6) is 0.243. The molecule has 0 fully saturated rings. The molecular formula is C25H25BrClN5O3. The van der Waals surface area contributed by atoms with Crippen molar-refractivity contribution in [2.45, 2.75) is 13.8 Å². The van der Waals surface area contributed by atoms with Crippen molar-refractivity contribution < 1.29 is 14.3 Å². The summed E-state index contributed by atoms with van der Waals surface area (Å²) in [5, 5.41) is 3.49. The van der Waals surface area contributed by atoms with Crippen LogP contribution in [0.5, 0.6) is 5.75 Å². The van der Waals surface area contributed by atoms with E-state index in [2.05, 4.69) is 37.8 Å². The molecule has 0 spiro atoms. The van der Waals surface area contributed by atoms with E-state index in [4.69, 9.17) is 26.8 Å².